The Morgan fingerprint density at radius 3 is 2.62 bits per heavy atom. The van der Waals surface area contributed by atoms with Gasteiger partial charge in [-0.15, -0.1) is 0 Å². The molecule has 0 saturated carbocycles. The van der Waals surface area contributed by atoms with E-state index in [1.165, 1.54) is 12.1 Å². The molecule has 2 rings (SSSR count). The van der Waals surface area contributed by atoms with E-state index in [9.17, 15) is 9.18 Å². The molecule has 1 atom stereocenters. The van der Waals surface area contributed by atoms with E-state index in [2.05, 4.69) is 5.32 Å². The smallest absolute Gasteiger partial charge is 0.224 e. The monoisotopic (exact) mass is 287 g/mol. The third-order valence-electron chi connectivity index (χ3n) is 3.25. The van der Waals surface area contributed by atoms with Crippen molar-refractivity contribution in [1.82, 2.24) is 5.32 Å². The molecule has 0 aromatic heterocycles. The minimum Gasteiger partial charge on any atom is -0.497 e. The number of nitrogens with one attached hydrogen (secondary N) is 1. The summed E-state index contributed by atoms with van der Waals surface area (Å²) in [6.07, 6.45) is 0.231. The third kappa shape index (κ3) is 4.31. The van der Waals surface area contributed by atoms with Crippen LogP contribution in [0, 0.1) is 5.82 Å². The van der Waals surface area contributed by atoms with Gasteiger partial charge in [-0.3, -0.25) is 4.79 Å². The fraction of sp³-hybridized carbons (Fsp3) is 0.235. The molecule has 0 bridgehead atoms. The molecule has 0 aliphatic rings. The lowest BCUT2D eigenvalue weighted by Gasteiger charge is -2.15. The van der Waals surface area contributed by atoms with Crippen molar-refractivity contribution in [1.29, 1.82) is 0 Å². The van der Waals surface area contributed by atoms with Crippen molar-refractivity contribution in [2.24, 2.45) is 0 Å². The Kier molecular flexibility index (Phi) is 4.93. The van der Waals surface area contributed by atoms with Crippen LogP contribution >= 0.6 is 0 Å². The van der Waals surface area contributed by atoms with Crippen LogP contribution in [0.1, 0.15) is 24.1 Å². The first-order chi connectivity index (χ1) is 10.1. The third-order valence-corrected chi connectivity index (χ3v) is 3.25. The molecular weight excluding hydrogens is 269 g/mol. The maximum atomic E-state index is 12.8. The molecule has 2 aromatic carbocycles. The summed E-state index contributed by atoms with van der Waals surface area (Å²) in [6.45, 7) is 1.91. The fourth-order valence-corrected chi connectivity index (χ4v) is 2.07. The Morgan fingerprint density at radius 2 is 1.95 bits per heavy atom. The summed E-state index contributed by atoms with van der Waals surface area (Å²) in [5.41, 5.74) is 1.76. The van der Waals surface area contributed by atoms with Crippen molar-refractivity contribution in [3.05, 3.63) is 65.5 Å². The molecule has 0 spiro atoms. The summed E-state index contributed by atoms with van der Waals surface area (Å²) < 4.78 is 18.0. The van der Waals surface area contributed by atoms with Crippen molar-refractivity contribution < 1.29 is 13.9 Å². The molecule has 0 aliphatic carbocycles. The van der Waals surface area contributed by atoms with Gasteiger partial charge in [-0.25, -0.2) is 4.39 Å². The number of carbonyl (C=O) groups is 1. The van der Waals surface area contributed by atoms with Crippen molar-refractivity contribution in [3.8, 4) is 5.75 Å². The number of hydrogen-bond donors (Lipinski definition) is 1. The highest BCUT2D eigenvalue weighted by Gasteiger charge is 2.10. The maximum Gasteiger partial charge on any atom is 0.224 e. The van der Waals surface area contributed by atoms with E-state index >= 15 is 0 Å². The van der Waals surface area contributed by atoms with Crippen LogP contribution in [0.3, 0.4) is 0 Å². The first kappa shape index (κ1) is 15.0. The largest absolute Gasteiger partial charge is 0.497 e. The molecule has 4 heteroatoms. The van der Waals surface area contributed by atoms with Gasteiger partial charge in [0.25, 0.3) is 0 Å². The van der Waals surface area contributed by atoms with E-state index < -0.39 is 0 Å². The molecule has 1 unspecified atom stereocenters. The number of rotatable bonds is 5. The Hall–Kier alpha value is -2.36. The molecule has 0 fully saturated rings. The van der Waals surface area contributed by atoms with Crippen LogP contribution in [0.4, 0.5) is 4.39 Å². The lowest BCUT2D eigenvalue weighted by molar-refractivity contribution is -0.121. The molecule has 3 nitrogen and oxygen atoms in total. The van der Waals surface area contributed by atoms with E-state index in [1.807, 2.05) is 31.2 Å². The van der Waals surface area contributed by atoms with E-state index in [0.717, 1.165) is 16.9 Å². The Bertz CT molecular complexity index is 610. The fourth-order valence-electron chi connectivity index (χ4n) is 2.07. The molecule has 0 radical (unpaired) electrons. The molecule has 21 heavy (non-hydrogen) atoms. The zero-order chi connectivity index (χ0) is 15.2. The topological polar surface area (TPSA) is 38.3 Å². The summed E-state index contributed by atoms with van der Waals surface area (Å²) in [6, 6.07) is 13.4. The predicted molar refractivity (Wildman–Crippen MR) is 79.7 cm³/mol. The highest BCUT2D eigenvalue weighted by Crippen LogP contribution is 2.18. The van der Waals surface area contributed by atoms with E-state index in [-0.39, 0.29) is 24.2 Å². The molecule has 1 N–H and O–H groups in total. The average molecular weight is 287 g/mol. The van der Waals surface area contributed by atoms with E-state index in [4.69, 9.17) is 4.74 Å². The van der Waals surface area contributed by atoms with Crippen molar-refractivity contribution in [2.75, 3.05) is 7.11 Å². The SMILES string of the molecule is COc1cccc(C(C)NC(=O)Cc2ccc(F)cc2)c1. The van der Waals surface area contributed by atoms with Crippen LogP contribution in [0.15, 0.2) is 48.5 Å². The van der Waals surface area contributed by atoms with Gasteiger partial charge in [0.05, 0.1) is 19.6 Å². The zero-order valence-corrected chi connectivity index (χ0v) is 12.1. The van der Waals surface area contributed by atoms with Gasteiger partial charge in [-0.1, -0.05) is 24.3 Å². The Balaban J connectivity index is 1.96. The minimum atomic E-state index is -0.302. The standard InChI is InChI=1S/C17H18FNO2/c1-12(14-4-3-5-16(11-14)21-2)19-17(20)10-13-6-8-15(18)9-7-13/h3-9,11-12H,10H2,1-2H3,(H,19,20). The van der Waals surface area contributed by atoms with Gasteiger partial charge in [0, 0.05) is 0 Å². The number of ether oxygens (including phenoxy) is 1. The Labute approximate surface area is 123 Å². The molecule has 0 saturated heterocycles. The van der Waals surface area contributed by atoms with Gasteiger partial charge in [0.1, 0.15) is 11.6 Å². The number of halogens is 1. The van der Waals surface area contributed by atoms with Gasteiger partial charge in [0.2, 0.25) is 5.91 Å². The molecule has 0 aliphatic heterocycles. The van der Waals surface area contributed by atoms with Crippen LogP contribution in [0.5, 0.6) is 5.75 Å². The molecular formula is C17H18FNO2. The highest BCUT2D eigenvalue weighted by atomic mass is 19.1. The normalized spacial score (nSPS) is 11.8. The lowest BCUT2D eigenvalue weighted by atomic mass is 10.1. The molecule has 1 amide bonds. The summed E-state index contributed by atoms with van der Waals surface area (Å²) >= 11 is 0. The highest BCUT2D eigenvalue weighted by molar-refractivity contribution is 5.79. The van der Waals surface area contributed by atoms with Crippen molar-refractivity contribution in [3.63, 3.8) is 0 Å². The predicted octanol–water partition coefficient (Wildman–Crippen LogP) is 3.25. The number of amides is 1. The second-order valence-corrected chi connectivity index (χ2v) is 4.87. The second-order valence-electron chi connectivity index (χ2n) is 4.87. The second kappa shape index (κ2) is 6.88. The first-order valence-electron chi connectivity index (χ1n) is 6.76. The van der Waals surface area contributed by atoms with Crippen LogP contribution in [0.2, 0.25) is 0 Å². The quantitative estimate of drug-likeness (QED) is 0.916. The lowest BCUT2D eigenvalue weighted by Crippen LogP contribution is -2.28. The number of hydrogen-bond acceptors (Lipinski definition) is 2. The van der Waals surface area contributed by atoms with Gasteiger partial charge < -0.3 is 10.1 Å². The number of carbonyl (C=O) groups excluding carboxylic acids is 1. The molecule has 110 valence electrons. The molecule has 0 heterocycles. The zero-order valence-electron chi connectivity index (χ0n) is 12.1. The summed E-state index contributed by atoms with van der Waals surface area (Å²) in [5.74, 6) is 0.355. The van der Waals surface area contributed by atoms with Crippen molar-refractivity contribution >= 4 is 5.91 Å². The molecule has 2 aromatic rings. The van der Waals surface area contributed by atoms with Gasteiger partial charge in [0.15, 0.2) is 0 Å². The maximum absolute atomic E-state index is 12.8. The first-order valence-corrected chi connectivity index (χ1v) is 6.76. The summed E-state index contributed by atoms with van der Waals surface area (Å²) in [4.78, 5) is 12.0. The van der Waals surface area contributed by atoms with Gasteiger partial charge in [-0.2, -0.15) is 0 Å². The summed E-state index contributed by atoms with van der Waals surface area (Å²) in [7, 11) is 1.61. The van der Waals surface area contributed by atoms with Gasteiger partial charge in [-0.05, 0) is 42.3 Å². The number of methoxy groups -OCH3 is 1. The van der Waals surface area contributed by atoms with Crippen LogP contribution in [-0.2, 0) is 11.2 Å². The van der Waals surface area contributed by atoms with Crippen LogP contribution in [-0.4, -0.2) is 13.0 Å². The average Bonchev–Trinajstić information content (AvgIpc) is 2.49. The van der Waals surface area contributed by atoms with Crippen molar-refractivity contribution in [2.45, 2.75) is 19.4 Å². The van der Waals surface area contributed by atoms with E-state index in [0.29, 0.717) is 0 Å². The summed E-state index contributed by atoms with van der Waals surface area (Å²) in [5, 5.41) is 2.92. The van der Waals surface area contributed by atoms with Crippen LogP contribution < -0.4 is 10.1 Å². The minimum absolute atomic E-state index is 0.100. The van der Waals surface area contributed by atoms with Crippen LogP contribution in [0.25, 0.3) is 0 Å². The number of benzene rings is 2. The van der Waals surface area contributed by atoms with Gasteiger partial charge >= 0.3 is 0 Å². The van der Waals surface area contributed by atoms with E-state index in [1.54, 1.807) is 19.2 Å². The Morgan fingerprint density at radius 1 is 1.24 bits per heavy atom.